The molecule has 3 aromatic rings. The number of methoxy groups -OCH3 is 1. The lowest BCUT2D eigenvalue weighted by atomic mass is 9.75. The number of rotatable bonds is 4. The van der Waals surface area contributed by atoms with Crippen LogP contribution in [0, 0.1) is 5.82 Å². The van der Waals surface area contributed by atoms with Gasteiger partial charge in [-0.15, -0.1) is 5.10 Å². The fourth-order valence-electron chi connectivity index (χ4n) is 4.38. The highest BCUT2D eigenvalue weighted by molar-refractivity contribution is 6.05. The minimum absolute atomic E-state index is 0.0951. The zero-order valence-corrected chi connectivity index (χ0v) is 16.7. The van der Waals surface area contributed by atoms with E-state index in [4.69, 9.17) is 10.5 Å². The minimum Gasteiger partial charge on any atom is -0.480 e. The first-order valence-corrected chi connectivity index (χ1v) is 9.57. The van der Waals surface area contributed by atoms with Crippen molar-refractivity contribution in [2.75, 3.05) is 20.2 Å². The minimum atomic E-state index is -0.696. The molecule has 0 saturated carbocycles. The Morgan fingerprint density at radius 3 is 2.61 bits per heavy atom. The van der Waals surface area contributed by atoms with Gasteiger partial charge < -0.3 is 20.4 Å². The van der Waals surface area contributed by atoms with E-state index < -0.39 is 11.7 Å². The highest BCUT2D eigenvalue weighted by Crippen LogP contribution is 2.43. The van der Waals surface area contributed by atoms with Crippen LogP contribution in [-0.2, 0) is 5.41 Å². The summed E-state index contributed by atoms with van der Waals surface area (Å²) in [4.78, 5) is 17.6. The fourth-order valence-corrected chi connectivity index (χ4v) is 4.38. The first kappa shape index (κ1) is 18.7. The van der Waals surface area contributed by atoms with Crippen LogP contribution in [0.1, 0.15) is 49.5 Å². The van der Waals surface area contributed by atoms with Gasteiger partial charge in [0.05, 0.1) is 23.8 Å². The maximum absolute atomic E-state index is 14.0. The topological polar surface area (TPSA) is 88.6 Å². The van der Waals surface area contributed by atoms with Gasteiger partial charge in [-0.1, -0.05) is 6.92 Å². The number of nitrogens with two attached hydrogens (primary N) is 1. The molecule has 1 amide bonds. The number of primary amides is 1. The lowest BCUT2D eigenvalue weighted by molar-refractivity contribution is 0.100. The number of benzene rings is 1. The number of carbonyl (C=O) groups is 1. The summed E-state index contributed by atoms with van der Waals surface area (Å²) in [6, 6.07) is 3.01. The average molecular weight is 387 g/mol. The predicted molar refractivity (Wildman–Crippen MR) is 105 cm³/mol. The molecule has 0 spiro atoms. The average Bonchev–Trinajstić information content (AvgIpc) is 3.16. The second-order valence-corrected chi connectivity index (χ2v) is 8.17. The zero-order chi connectivity index (χ0) is 20.2. The molecule has 3 N–H and O–H groups in total. The molecule has 0 bridgehead atoms. The highest BCUT2D eigenvalue weighted by atomic mass is 19.1. The molecule has 3 heterocycles. The van der Waals surface area contributed by atoms with E-state index in [1.165, 1.54) is 6.07 Å². The molecule has 4 rings (SSSR count). The number of carbonyl (C=O) groups excluding carboxylic acids is 1. The molecule has 150 valence electrons. The second kappa shape index (κ2) is 6.48. The smallest absolute Gasteiger partial charge is 0.251 e. The highest BCUT2D eigenvalue weighted by Gasteiger charge is 2.39. The van der Waals surface area contributed by atoms with Gasteiger partial charge in [-0.25, -0.2) is 8.91 Å². The van der Waals surface area contributed by atoms with E-state index in [1.807, 2.05) is 0 Å². The first-order valence-electron chi connectivity index (χ1n) is 9.57. The molecule has 7 nitrogen and oxygen atoms in total. The SMILES string of the molecule is COc1nn2c([nH]c3cc(F)cc(C(N)=O)c32)c1C1(C)CCN(C(C)C)CC1. The normalized spacial score (nSPS) is 17.6. The van der Waals surface area contributed by atoms with Crippen LogP contribution in [0.4, 0.5) is 4.39 Å². The second-order valence-electron chi connectivity index (χ2n) is 8.17. The fraction of sp³-hybridized carbons (Fsp3) is 0.500. The summed E-state index contributed by atoms with van der Waals surface area (Å²) in [5, 5.41) is 4.59. The number of H-pyrrole nitrogens is 1. The number of amides is 1. The summed E-state index contributed by atoms with van der Waals surface area (Å²) in [7, 11) is 1.59. The Hall–Kier alpha value is -2.61. The molecule has 1 aliphatic heterocycles. The summed E-state index contributed by atoms with van der Waals surface area (Å²) < 4.78 is 21.2. The van der Waals surface area contributed by atoms with Gasteiger partial charge in [-0.2, -0.15) is 0 Å². The number of aromatic amines is 1. The van der Waals surface area contributed by atoms with Crippen molar-refractivity contribution in [2.24, 2.45) is 5.73 Å². The van der Waals surface area contributed by atoms with E-state index in [-0.39, 0.29) is 11.0 Å². The molecule has 28 heavy (non-hydrogen) atoms. The Kier molecular flexibility index (Phi) is 4.33. The van der Waals surface area contributed by atoms with Crippen molar-refractivity contribution >= 4 is 22.6 Å². The third kappa shape index (κ3) is 2.74. The number of piperidine rings is 1. The van der Waals surface area contributed by atoms with E-state index in [0.29, 0.717) is 23.0 Å². The van der Waals surface area contributed by atoms with E-state index >= 15 is 0 Å². The van der Waals surface area contributed by atoms with Crippen molar-refractivity contribution < 1.29 is 13.9 Å². The quantitative estimate of drug-likeness (QED) is 0.720. The van der Waals surface area contributed by atoms with E-state index in [9.17, 15) is 9.18 Å². The Morgan fingerprint density at radius 1 is 1.36 bits per heavy atom. The summed E-state index contributed by atoms with van der Waals surface area (Å²) >= 11 is 0. The third-order valence-corrected chi connectivity index (χ3v) is 6.09. The lowest BCUT2D eigenvalue weighted by Gasteiger charge is -2.40. The van der Waals surface area contributed by atoms with Gasteiger partial charge in [0, 0.05) is 11.5 Å². The van der Waals surface area contributed by atoms with Gasteiger partial charge in [-0.3, -0.25) is 4.79 Å². The van der Waals surface area contributed by atoms with Crippen molar-refractivity contribution in [1.82, 2.24) is 19.5 Å². The monoisotopic (exact) mass is 387 g/mol. The molecule has 0 radical (unpaired) electrons. The number of fused-ring (bicyclic) bond motifs is 3. The number of likely N-dealkylation sites (tertiary alicyclic amines) is 1. The van der Waals surface area contributed by atoms with E-state index in [0.717, 1.165) is 43.2 Å². The van der Waals surface area contributed by atoms with Crippen LogP contribution in [0.5, 0.6) is 5.88 Å². The summed E-state index contributed by atoms with van der Waals surface area (Å²) in [5.74, 6) is -0.693. The summed E-state index contributed by atoms with van der Waals surface area (Å²) in [6.07, 6.45) is 1.91. The first-order chi connectivity index (χ1) is 13.2. The van der Waals surface area contributed by atoms with Crippen molar-refractivity contribution in [3.8, 4) is 5.88 Å². The van der Waals surface area contributed by atoms with Crippen LogP contribution in [0.25, 0.3) is 16.7 Å². The number of ether oxygens (including phenoxy) is 1. The molecular formula is C20H26FN5O2. The lowest BCUT2D eigenvalue weighted by Crippen LogP contribution is -2.44. The van der Waals surface area contributed by atoms with Gasteiger partial charge in [0.2, 0.25) is 5.88 Å². The van der Waals surface area contributed by atoms with Crippen molar-refractivity contribution in [3.63, 3.8) is 0 Å². The van der Waals surface area contributed by atoms with Crippen LogP contribution in [-0.4, -0.2) is 51.6 Å². The predicted octanol–water partition coefficient (Wildman–Crippen LogP) is 2.82. The van der Waals surface area contributed by atoms with Gasteiger partial charge in [-0.05, 0) is 51.9 Å². The number of hydrogen-bond acceptors (Lipinski definition) is 4. The van der Waals surface area contributed by atoms with E-state index in [2.05, 4.69) is 35.8 Å². The maximum Gasteiger partial charge on any atom is 0.251 e. The Balaban J connectivity index is 1.92. The molecule has 1 fully saturated rings. The number of nitrogens with zero attached hydrogens (tertiary/aromatic N) is 3. The molecule has 1 aromatic carbocycles. The number of imidazole rings is 1. The Bertz CT molecular complexity index is 1060. The maximum atomic E-state index is 14.0. The molecule has 2 aromatic heterocycles. The Labute approximate surface area is 162 Å². The molecule has 1 aliphatic rings. The molecule has 0 atom stereocenters. The number of nitrogens with one attached hydrogen (secondary N) is 1. The summed E-state index contributed by atoms with van der Waals surface area (Å²) in [6.45, 7) is 8.59. The van der Waals surface area contributed by atoms with Gasteiger partial charge in [0.1, 0.15) is 17.0 Å². The van der Waals surface area contributed by atoms with Gasteiger partial charge >= 0.3 is 0 Å². The van der Waals surface area contributed by atoms with Crippen LogP contribution >= 0.6 is 0 Å². The molecule has 0 unspecified atom stereocenters. The number of halogens is 1. The molecular weight excluding hydrogens is 361 g/mol. The zero-order valence-electron chi connectivity index (χ0n) is 16.7. The standard InChI is InChI=1S/C20H26FN5O2/c1-11(2)25-7-5-20(3,6-8-25)15-18-23-14-10-12(21)9-13(17(22)27)16(14)26(18)24-19(15)28-4/h9-11,23H,5-8H2,1-4H3,(H2,22,27). The molecule has 8 heteroatoms. The summed E-state index contributed by atoms with van der Waals surface area (Å²) in [5.41, 5.74) is 8.08. The van der Waals surface area contributed by atoms with Crippen LogP contribution < -0.4 is 10.5 Å². The largest absolute Gasteiger partial charge is 0.480 e. The van der Waals surface area contributed by atoms with Crippen molar-refractivity contribution in [3.05, 3.63) is 29.1 Å². The molecule has 1 saturated heterocycles. The third-order valence-electron chi connectivity index (χ3n) is 6.09. The van der Waals surface area contributed by atoms with Gasteiger partial charge in [0.15, 0.2) is 0 Å². The van der Waals surface area contributed by atoms with Crippen LogP contribution in [0.15, 0.2) is 12.1 Å². The van der Waals surface area contributed by atoms with Gasteiger partial charge in [0.25, 0.3) is 5.91 Å². The van der Waals surface area contributed by atoms with Crippen molar-refractivity contribution in [1.29, 1.82) is 0 Å². The number of aromatic nitrogens is 3. The van der Waals surface area contributed by atoms with Crippen molar-refractivity contribution in [2.45, 2.75) is 45.1 Å². The van der Waals surface area contributed by atoms with Crippen LogP contribution in [0.3, 0.4) is 0 Å². The van der Waals surface area contributed by atoms with E-state index in [1.54, 1.807) is 11.6 Å². The van der Waals surface area contributed by atoms with Crippen LogP contribution in [0.2, 0.25) is 0 Å². The molecule has 0 aliphatic carbocycles. The number of hydrogen-bond donors (Lipinski definition) is 2. The Morgan fingerprint density at radius 2 is 2.04 bits per heavy atom.